The Morgan fingerprint density at radius 3 is 2.33 bits per heavy atom. The molecule has 0 atom stereocenters. The van der Waals surface area contributed by atoms with Gasteiger partial charge in [0.1, 0.15) is 4.88 Å². The molecule has 5 nitrogen and oxygen atoms in total. The third-order valence-electron chi connectivity index (χ3n) is 2.04. The molecule has 1 heterocycles. The van der Waals surface area contributed by atoms with E-state index in [1.165, 1.54) is 11.3 Å². The minimum absolute atomic E-state index is 0.260. The molecule has 0 bridgehead atoms. The molecule has 0 fully saturated rings. The fraction of sp³-hybridized carbons (Fsp3) is 0.500. The molecule has 0 aliphatic heterocycles. The topological polar surface area (TPSA) is 64.6 Å². The summed E-state index contributed by atoms with van der Waals surface area (Å²) in [6, 6.07) is 1.62. The summed E-state index contributed by atoms with van der Waals surface area (Å²) < 4.78 is 9.84. The molecular weight excluding hydrogens is 254 g/mol. The Bertz CT molecular complexity index is 392. The van der Waals surface area contributed by atoms with Crippen LogP contribution in [0.2, 0.25) is 0 Å². The first-order valence-corrected chi connectivity index (χ1v) is 6.67. The summed E-state index contributed by atoms with van der Waals surface area (Å²) in [7, 11) is 0. The Morgan fingerprint density at radius 1 is 1.17 bits per heavy atom. The van der Waals surface area contributed by atoms with Crippen molar-refractivity contribution in [3.8, 4) is 0 Å². The second kappa shape index (κ2) is 7.00. The lowest BCUT2D eigenvalue weighted by Crippen LogP contribution is -2.11. The maximum atomic E-state index is 11.7. The van der Waals surface area contributed by atoms with Gasteiger partial charge in [-0.15, -0.1) is 11.3 Å². The first-order chi connectivity index (χ1) is 8.63. The lowest BCUT2D eigenvalue weighted by atomic mass is 10.2. The number of esters is 2. The molecular formula is C12H17NO4S. The van der Waals surface area contributed by atoms with Crippen molar-refractivity contribution in [1.82, 2.24) is 0 Å². The largest absolute Gasteiger partial charge is 0.462 e. The van der Waals surface area contributed by atoms with E-state index in [2.05, 4.69) is 5.32 Å². The van der Waals surface area contributed by atoms with Gasteiger partial charge in [0.2, 0.25) is 0 Å². The number of hydrogen-bond donors (Lipinski definition) is 1. The molecule has 0 aliphatic carbocycles. The van der Waals surface area contributed by atoms with Crippen LogP contribution in [0.5, 0.6) is 0 Å². The first-order valence-electron chi connectivity index (χ1n) is 5.85. The van der Waals surface area contributed by atoms with Gasteiger partial charge < -0.3 is 14.8 Å². The Morgan fingerprint density at radius 2 is 1.78 bits per heavy atom. The summed E-state index contributed by atoms with van der Waals surface area (Å²) in [6.45, 7) is 6.64. The van der Waals surface area contributed by atoms with Gasteiger partial charge in [-0.1, -0.05) is 0 Å². The van der Waals surface area contributed by atoms with E-state index in [1.54, 1.807) is 19.9 Å². The van der Waals surface area contributed by atoms with Crippen LogP contribution in [0.1, 0.15) is 40.8 Å². The summed E-state index contributed by atoms with van der Waals surface area (Å²) in [4.78, 5) is 23.8. The van der Waals surface area contributed by atoms with Crippen LogP contribution in [0, 0.1) is 0 Å². The monoisotopic (exact) mass is 271 g/mol. The smallest absolute Gasteiger partial charge is 0.349 e. The zero-order valence-electron chi connectivity index (χ0n) is 10.7. The molecule has 1 aromatic rings. The third kappa shape index (κ3) is 3.46. The molecule has 0 saturated carbocycles. The van der Waals surface area contributed by atoms with Crippen LogP contribution in [0.4, 0.5) is 5.00 Å². The quantitative estimate of drug-likeness (QED) is 0.805. The number of thiophene rings is 1. The highest BCUT2D eigenvalue weighted by molar-refractivity contribution is 7.18. The minimum atomic E-state index is -0.499. The molecule has 0 radical (unpaired) electrons. The number of ether oxygens (including phenoxy) is 2. The van der Waals surface area contributed by atoms with Crippen molar-refractivity contribution in [3.05, 3.63) is 16.5 Å². The normalized spacial score (nSPS) is 9.94. The van der Waals surface area contributed by atoms with E-state index in [-0.39, 0.29) is 23.7 Å². The molecule has 1 rings (SSSR count). The van der Waals surface area contributed by atoms with Crippen molar-refractivity contribution in [1.29, 1.82) is 0 Å². The molecule has 0 saturated heterocycles. The summed E-state index contributed by atoms with van der Waals surface area (Å²) in [5.74, 6) is -0.990. The van der Waals surface area contributed by atoms with E-state index in [1.807, 2.05) is 6.92 Å². The van der Waals surface area contributed by atoms with E-state index in [0.717, 1.165) is 5.00 Å². The van der Waals surface area contributed by atoms with Gasteiger partial charge in [0.05, 0.1) is 23.8 Å². The van der Waals surface area contributed by atoms with E-state index in [0.29, 0.717) is 6.54 Å². The van der Waals surface area contributed by atoms with Crippen molar-refractivity contribution < 1.29 is 19.1 Å². The zero-order valence-corrected chi connectivity index (χ0v) is 11.6. The van der Waals surface area contributed by atoms with Gasteiger partial charge in [-0.3, -0.25) is 0 Å². The maximum Gasteiger partial charge on any atom is 0.349 e. The third-order valence-corrected chi connectivity index (χ3v) is 3.11. The fourth-order valence-electron chi connectivity index (χ4n) is 1.36. The lowest BCUT2D eigenvalue weighted by molar-refractivity contribution is 0.0484. The molecule has 0 aromatic carbocycles. The second-order valence-electron chi connectivity index (χ2n) is 3.32. The summed E-state index contributed by atoms with van der Waals surface area (Å²) in [5.41, 5.74) is 0.260. The minimum Gasteiger partial charge on any atom is -0.462 e. The van der Waals surface area contributed by atoms with E-state index in [9.17, 15) is 9.59 Å². The molecule has 6 heteroatoms. The van der Waals surface area contributed by atoms with Crippen LogP contribution in [-0.2, 0) is 9.47 Å². The Hall–Kier alpha value is -1.56. The van der Waals surface area contributed by atoms with E-state index < -0.39 is 11.9 Å². The number of anilines is 1. The van der Waals surface area contributed by atoms with Crippen LogP contribution in [0.3, 0.4) is 0 Å². The highest BCUT2D eigenvalue weighted by Gasteiger charge is 2.23. The number of carbonyl (C=O) groups excluding carboxylic acids is 2. The van der Waals surface area contributed by atoms with Gasteiger partial charge in [-0.05, 0) is 26.8 Å². The van der Waals surface area contributed by atoms with Gasteiger partial charge in [0.15, 0.2) is 0 Å². The van der Waals surface area contributed by atoms with E-state index in [4.69, 9.17) is 9.47 Å². The van der Waals surface area contributed by atoms with Crippen LogP contribution in [0.15, 0.2) is 6.07 Å². The number of carbonyl (C=O) groups is 2. The molecule has 0 aliphatic rings. The standard InChI is InChI=1S/C12H17NO4S/c1-4-13-9-7-8(11(14)16-5-2)10(18-9)12(15)17-6-3/h7,13H,4-6H2,1-3H3. The molecule has 18 heavy (non-hydrogen) atoms. The molecule has 0 amide bonds. The van der Waals surface area contributed by atoms with Gasteiger partial charge in [0, 0.05) is 6.54 Å². The summed E-state index contributed by atoms with van der Waals surface area (Å²) >= 11 is 1.20. The predicted molar refractivity (Wildman–Crippen MR) is 70.4 cm³/mol. The highest BCUT2D eigenvalue weighted by atomic mass is 32.1. The number of hydrogen-bond acceptors (Lipinski definition) is 6. The maximum absolute atomic E-state index is 11.7. The summed E-state index contributed by atoms with van der Waals surface area (Å²) in [6.07, 6.45) is 0. The Balaban J connectivity index is 3.04. The lowest BCUT2D eigenvalue weighted by Gasteiger charge is -2.02. The second-order valence-corrected chi connectivity index (χ2v) is 4.38. The van der Waals surface area contributed by atoms with Crippen molar-refractivity contribution in [3.63, 3.8) is 0 Å². The van der Waals surface area contributed by atoms with Crippen LogP contribution in [0.25, 0.3) is 0 Å². The van der Waals surface area contributed by atoms with Crippen molar-refractivity contribution >= 4 is 28.3 Å². The van der Waals surface area contributed by atoms with Gasteiger partial charge in [-0.25, -0.2) is 9.59 Å². The highest BCUT2D eigenvalue weighted by Crippen LogP contribution is 2.28. The molecule has 0 spiro atoms. The fourth-order valence-corrected chi connectivity index (χ4v) is 2.37. The molecule has 1 N–H and O–H groups in total. The Labute approximate surface area is 110 Å². The van der Waals surface area contributed by atoms with Gasteiger partial charge in [-0.2, -0.15) is 0 Å². The van der Waals surface area contributed by atoms with Crippen molar-refractivity contribution in [2.24, 2.45) is 0 Å². The van der Waals surface area contributed by atoms with Crippen LogP contribution < -0.4 is 5.32 Å². The first kappa shape index (κ1) is 14.5. The molecule has 100 valence electrons. The molecule has 1 aromatic heterocycles. The van der Waals surface area contributed by atoms with Crippen molar-refractivity contribution in [2.45, 2.75) is 20.8 Å². The van der Waals surface area contributed by atoms with Crippen LogP contribution >= 0.6 is 11.3 Å². The van der Waals surface area contributed by atoms with E-state index >= 15 is 0 Å². The van der Waals surface area contributed by atoms with Gasteiger partial charge >= 0.3 is 11.9 Å². The van der Waals surface area contributed by atoms with Gasteiger partial charge in [0.25, 0.3) is 0 Å². The van der Waals surface area contributed by atoms with Crippen LogP contribution in [-0.4, -0.2) is 31.7 Å². The Kier molecular flexibility index (Phi) is 5.64. The number of nitrogens with one attached hydrogen (secondary N) is 1. The predicted octanol–water partition coefficient (Wildman–Crippen LogP) is 2.53. The number of rotatable bonds is 6. The zero-order chi connectivity index (χ0) is 13.5. The average molecular weight is 271 g/mol. The SMILES string of the molecule is CCNc1cc(C(=O)OCC)c(C(=O)OCC)s1. The molecule has 0 unspecified atom stereocenters. The van der Waals surface area contributed by atoms with Crippen molar-refractivity contribution in [2.75, 3.05) is 25.1 Å². The summed E-state index contributed by atoms with van der Waals surface area (Å²) in [5, 5.41) is 3.82. The average Bonchev–Trinajstić information content (AvgIpc) is 2.74.